The van der Waals surface area contributed by atoms with E-state index in [0.29, 0.717) is 12.3 Å². The van der Waals surface area contributed by atoms with Crippen molar-refractivity contribution < 1.29 is 33.7 Å². The highest BCUT2D eigenvalue weighted by Gasteiger charge is 2.16. The first-order valence-electron chi connectivity index (χ1n) is 10.1. The van der Waals surface area contributed by atoms with Crippen LogP contribution < -0.4 is 10.1 Å². The average molecular weight is 431 g/mol. The first-order valence-corrected chi connectivity index (χ1v) is 10.1. The lowest BCUT2D eigenvalue weighted by Crippen LogP contribution is -2.32. The number of carbonyl (C=O) groups is 3. The van der Waals surface area contributed by atoms with Gasteiger partial charge in [-0.1, -0.05) is 38.1 Å². The largest absolute Gasteiger partial charge is 0.497 e. The third-order valence-electron chi connectivity index (χ3n) is 4.67. The molecule has 0 saturated heterocycles. The quantitative estimate of drug-likeness (QED) is 0.412. The van der Waals surface area contributed by atoms with Crippen molar-refractivity contribution in [3.8, 4) is 5.75 Å². The van der Waals surface area contributed by atoms with E-state index in [9.17, 15) is 14.4 Å². The number of rotatable bonds is 11. The molecule has 0 spiro atoms. The van der Waals surface area contributed by atoms with Crippen LogP contribution in [0.15, 0.2) is 36.4 Å². The summed E-state index contributed by atoms with van der Waals surface area (Å²) in [6.07, 6.45) is -0.0831. The number of methoxy groups -OCH3 is 1. The van der Waals surface area contributed by atoms with Crippen LogP contribution in [-0.2, 0) is 25.5 Å². The maximum atomic E-state index is 12.0. The van der Waals surface area contributed by atoms with Gasteiger partial charge in [-0.15, -0.1) is 0 Å². The molecule has 0 fully saturated rings. The number of benzene rings is 2. The van der Waals surface area contributed by atoms with Gasteiger partial charge >= 0.3 is 18.0 Å². The minimum Gasteiger partial charge on any atom is -0.497 e. The summed E-state index contributed by atoms with van der Waals surface area (Å²) < 4.78 is 15.0. The molecule has 8 nitrogen and oxygen atoms in total. The Hall–Kier alpha value is -3.29. The monoisotopic (exact) mass is 431 g/mol. The first-order chi connectivity index (χ1) is 14.8. The molecule has 168 valence electrons. The van der Waals surface area contributed by atoms with Crippen LogP contribution >= 0.6 is 0 Å². The topological polar surface area (TPSA) is 111 Å². The predicted molar refractivity (Wildman–Crippen MR) is 115 cm³/mol. The number of ether oxygens (including phenoxy) is 3. The fourth-order valence-corrected chi connectivity index (χ4v) is 3.31. The molecule has 0 aliphatic rings. The van der Waals surface area contributed by atoms with Gasteiger partial charge in [-0.2, -0.15) is 0 Å². The maximum Gasteiger partial charge on any atom is 0.410 e. The molecule has 0 bridgehead atoms. The van der Waals surface area contributed by atoms with E-state index in [4.69, 9.17) is 19.3 Å². The van der Waals surface area contributed by atoms with Crippen LogP contribution in [0, 0.1) is 11.8 Å². The third-order valence-corrected chi connectivity index (χ3v) is 4.67. The van der Waals surface area contributed by atoms with Crippen molar-refractivity contribution >= 4 is 28.8 Å². The molecular weight excluding hydrogens is 402 g/mol. The summed E-state index contributed by atoms with van der Waals surface area (Å²) in [5, 5.41) is 13.4. The number of amides is 1. The Morgan fingerprint density at radius 2 is 1.74 bits per heavy atom. The zero-order chi connectivity index (χ0) is 22.8. The minimum absolute atomic E-state index is 0.0357. The lowest BCUT2D eigenvalue weighted by molar-refractivity contribution is -0.151. The Kier molecular flexibility index (Phi) is 9.12. The fraction of sp³-hybridized carbons (Fsp3) is 0.435. The van der Waals surface area contributed by atoms with Gasteiger partial charge in [0.1, 0.15) is 5.75 Å². The predicted octanol–water partition coefficient (Wildman–Crippen LogP) is 3.75. The zero-order valence-electron chi connectivity index (χ0n) is 18.1. The van der Waals surface area contributed by atoms with E-state index in [1.807, 2.05) is 50.2 Å². The number of nitrogens with one attached hydrogen (secondary N) is 1. The number of carbonyl (C=O) groups excluding carboxylic acids is 2. The van der Waals surface area contributed by atoms with E-state index in [1.165, 1.54) is 0 Å². The van der Waals surface area contributed by atoms with Gasteiger partial charge in [0.2, 0.25) is 6.79 Å². The number of esters is 1. The molecule has 0 radical (unpaired) electrons. The van der Waals surface area contributed by atoms with Crippen molar-refractivity contribution in [1.82, 2.24) is 5.32 Å². The van der Waals surface area contributed by atoms with Crippen molar-refractivity contribution in [3.05, 3.63) is 42.0 Å². The summed E-state index contributed by atoms with van der Waals surface area (Å²) in [5.74, 6) is -0.568. The van der Waals surface area contributed by atoms with Crippen molar-refractivity contribution in [3.63, 3.8) is 0 Å². The molecule has 1 amide bonds. The van der Waals surface area contributed by atoms with Gasteiger partial charge in [0.25, 0.3) is 0 Å². The second-order valence-electron chi connectivity index (χ2n) is 7.76. The Labute approximate surface area is 181 Å². The zero-order valence-corrected chi connectivity index (χ0v) is 18.1. The van der Waals surface area contributed by atoms with E-state index < -0.39 is 24.8 Å². The van der Waals surface area contributed by atoms with Gasteiger partial charge in [-0.25, -0.2) is 4.79 Å². The normalized spacial score (nSPS) is 11.7. The SMILES string of the molecule is COc1ccc2cc(CC(=O)OCOC(=O)NC[C@H](CC(=O)O)CC(C)C)ccc2c1. The van der Waals surface area contributed by atoms with Crippen LogP contribution in [-0.4, -0.2) is 43.6 Å². The molecule has 0 saturated carbocycles. The van der Waals surface area contributed by atoms with E-state index in [1.54, 1.807) is 7.11 Å². The lowest BCUT2D eigenvalue weighted by atomic mass is 9.94. The second-order valence-corrected chi connectivity index (χ2v) is 7.76. The molecule has 2 N–H and O–H groups in total. The van der Waals surface area contributed by atoms with Crippen molar-refractivity contribution in [2.24, 2.45) is 11.8 Å². The standard InChI is InChI=1S/C23H29NO7/c1-15(2)8-17(10-21(25)26)13-24-23(28)31-14-30-22(27)11-16-4-5-19-12-20(29-3)7-6-18(19)9-16/h4-7,9,12,15,17H,8,10-11,13-14H2,1-3H3,(H,24,28)(H,25,26)/t17-/m0/s1. The Morgan fingerprint density at radius 1 is 1.03 bits per heavy atom. The van der Waals surface area contributed by atoms with Crippen LogP contribution in [0.25, 0.3) is 10.8 Å². The molecule has 8 heteroatoms. The highest BCUT2D eigenvalue weighted by Crippen LogP contribution is 2.22. The molecular formula is C23H29NO7. The Bertz CT molecular complexity index is 910. The summed E-state index contributed by atoms with van der Waals surface area (Å²) in [4.78, 5) is 34.7. The number of alkyl carbamates (subject to hydrolysis) is 1. The molecule has 0 aliphatic heterocycles. The Morgan fingerprint density at radius 3 is 2.42 bits per heavy atom. The molecule has 2 aromatic rings. The third kappa shape index (κ3) is 8.54. The number of carboxylic acid groups (broad SMARTS) is 1. The summed E-state index contributed by atoms with van der Waals surface area (Å²) in [5.41, 5.74) is 0.775. The second kappa shape index (κ2) is 11.8. The lowest BCUT2D eigenvalue weighted by Gasteiger charge is -2.17. The molecule has 0 aliphatic carbocycles. The first kappa shape index (κ1) is 24.0. The van der Waals surface area contributed by atoms with Crippen molar-refractivity contribution in [1.29, 1.82) is 0 Å². The molecule has 0 unspecified atom stereocenters. The molecule has 0 heterocycles. The van der Waals surface area contributed by atoms with Crippen molar-refractivity contribution in [2.75, 3.05) is 20.4 Å². The highest BCUT2D eigenvalue weighted by molar-refractivity contribution is 5.85. The van der Waals surface area contributed by atoms with Crippen LogP contribution in [0.1, 0.15) is 32.3 Å². The smallest absolute Gasteiger partial charge is 0.410 e. The van der Waals surface area contributed by atoms with Gasteiger partial charge in [0.15, 0.2) is 0 Å². The van der Waals surface area contributed by atoms with E-state index in [-0.39, 0.29) is 25.3 Å². The average Bonchev–Trinajstić information content (AvgIpc) is 2.70. The number of carboxylic acids is 1. The highest BCUT2D eigenvalue weighted by atomic mass is 16.7. The number of fused-ring (bicyclic) bond motifs is 1. The number of hydrogen-bond acceptors (Lipinski definition) is 6. The fourth-order valence-electron chi connectivity index (χ4n) is 3.31. The summed E-state index contributed by atoms with van der Waals surface area (Å²) in [6.45, 7) is 3.64. The maximum absolute atomic E-state index is 12.0. The Balaban J connectivity index is 1.75. The van der Waals surface area contributed by atoms with Gasteiger partial charge in [0.05, 0.1) is 13.5 Å². The van der Waals surface area contributed by atoms with Gasteiger partial charge in [-0.05, 0) is 46.7 Å². The molecule has 2 aromatic carbocycles. The van der Waals surface area contributed by atoms with E-state index in [0.717, 1.165) is 22.1 Å². The van der Waals surface area contributed by atoms with Gasteiger partial charge in [-0.3, -0.25) is 9.59 Å². The van der Waals surface area contributed by atoms with Crippen LogP contribution in [0.2, 0.25) is 0 Å². The van der Waals surface area contributed by atoms with Crippen LogP contribution in [0.3, 0.4) is 0 Å². The van der Waals surface area contributed by atoms with E-state index >= 15 is 0 Å². The van der Waals surface area contributed by atoms with Crippen LogP contribution in [0.5, 0.6) is 5.75 Å². The van der Waals surface area contributed by atoms with Gasteiger partial charge < -0.3 is 24.6 Å². The number of hydrogen-bond donors (Lipinski definition) is 2. The minimum atomic E-state index is -0.914. The molecule has 31 heavy (non-hydrogen) atoms. The molecule has 1 atom stereocenters. The summed E-state index contributed by atoms with van der Waals surface area (Å²) in [6, 6.07) is 11.3. The summed E-state index contributed by atoms with van der Waals surface area (Å²) >= 11 is 0. The molecule has 2 rings (SSSR count). The van der Waals surface area contributed by atoms with Crippen LogP contribution in [0.4, 0.5) is 4.79 Å². The van der Waals surface area contributed by atoms with E-state index in [2.05, 4.69) is 5.32 Å². The number of aliphatic carboxylic acids is 1. The summed E-state index contributed by atoms with van der Waals surface area (Å²) in [7, 11) is 1.61. The van der Waals surface area contributed by atoms with Gasteiger partial charge in [0, 0.05) is 13.0 Å². The molecule has 0 aromatic heterocycles. The van der Waals surface area contributed by atoms with Crippen molar-refractivity contribution in [2.45, 2.75) is 33.1 Å².